The van der Waals surface area contributed by atoms with Crippen LogP contribution in [0.25, 0.3) is 0 Å². The molecule has 1 aliphatic carbocycles. The molecule has 1 aromatic rings. The molecule has 4 heteroatoms. The van der Waals surface area contributed by atoms with Gasteiger partial charge in [-0.1, -0.05) is 24.4 Å². The highest BCUT2D eigenvalue weighted by molar-refractivity contribution is 6.30. The van der Waals surface area contributed by atoms with Crippen molar-refractivity contribution in [1.82, 2.24) is 4.90 Å². The van der Waals surface area contributed by atoms with Crippen LogP contribution in [0.4, 0.5) is 0 Å². The molecule has 1 aromatic carbocycles. The number of halogens is 1. The third kappa shape index (κ3) is 3.45. The van der Waals surface area contributed by atoms with Crippen LogP contribution in [0.5, 0.6) is 5.75 Å². The van der Waals surface area contributed by atoms with E-state index in [9.17, 15) is 4.79 Å². The summed E-state index contributed by atoms with van der Waals surface area (Å²) in [5.41, 5.74) is -0.870. The second-order valence-corrected chi connectivity index (χ2v) is 6.36. The Kier molecular flexibility index (Phi) is 4.59. The fourth-order valence-electron chi connectivity index (χ4n) is 2.72. The third-order valence-electron chi connectivity index (χ3n) is 3.89. The van der Waals surface area contributed by atoms with Gasteiger partial charge < -0.3 is 9.64 Å². The van der Waals surface area contributed by atoms with Gasteiger partial charge in [0, 0.05) is 18.1 Å². The zero-order chi connectivity index (χ0) is 14.8. The van der Waals surface area contributed by atoms with Gasteiger partial charge in [-0.25, -0.2) is 0 Å². The molecule has 0 aromatic heterocycles. The Balaban J connectivity index is 2.04. The number of benzene rings is 1. The molecule has 1 fully saturated rings. The zero-order valence-corrected chi connectivity index (χ0v) is 13.1. The maximum Gasteiger partial charge on any atom is 0.266 e. The average molecular weight is 296 g/mol. The first kappa shape index (κ1) is 15.2. The summed E-state index contributed by atoms with van der Waals surface area (Å²) in [7, 11) is 1.88. The minimum atomic E-state index is -0.870. The lowest BCUT2D eigenvalue weighted by Gasteiger charge is -2.33. The number of carbonyl (C=O) groups is 1. The largest absolute Gasteiger partial charge is 0.478 e. The standard InChI is InChI=1S/C16H22ClNO2/c1-16(2,20-14-10-8-12(17)9-11-14)15(19)18(3)13-6-4-5-7-13/h8-11,13H,4-7H2,1-3H3. The topological polar surface area (TPSA) is 29.5 Å². The summed E-state index contributed by atoms with van der Waals surface area (Å²) in [6, 6.07) is 7.45. The number of rotatable bonds is 4. The molecule has 0 unspecified atom stereocenters. The Bertz CT molecular complexity index is 464. The number of ether oxygens (including phenoxy) is 1. The van der Waals surface area contributed by atoms with Crippen molar-refractivity contribution >= 4 is 17.5 Å². The van der Waals surface area contributed by atoms with Gasteiger partial charge in [0.05, 0.1) is 0 Å². The van der Waals surface area contributed by atoms with Gasteiger partial charge in [-0.3, -0.25) is 4.79 Å². The minimum absolute atomic E-state index is 0.0272. The molecule has 1 aliphatic rings. The predicted octanol–water partition coefficient (Wildman–Crippen LogP) is 3.90. The Morgan fingerprint density at radius 3 is 2.35 bits per heavy atom. The maximum absolute atomic E-state index is 12.6. The fraction of sp³-hybridized carbons (Fsp3) is 0.562. The summed E-state index contributed by atoms with van der Waals surface area (Å²) < 4.78 is 5.85. The van der Waals surface area contributed by atoms with Gasteiger partial charge in [-0.05, 0) is 51.0 Å². The van der Waals surface area contributed by atoms with E-state index < -0.39 is 5.60 Å². The van der Waals surface area contributed by atoms with Crippen molar-refractivity contribution in [3.05, 3.63) is 29.3 Å². The zero-order valence-electron chi connectivity index (χ0n) is 12.4. The molecule has 0 radical (unpaired) electrons. The molecule has 110 valence electrons. The van der Waals surface area contributed by atoms with E-state index in [1.54, 1.807) is 24.3 Å². The van der Waals surface area contributed by atoms with E-state index in [0.29, 0.717) is 16.8 Å². The van der Waals surface area contributed by atoms with Crippen LogP contribution in [0.2, 0.25) is 5.02 Å². The summed E-state index contributed by atoms with van der Waals surface area (Å²) in [5, 5.41) is 0.657. The van der Waals surface area contributed by atoms with Gasteiger partial charge >= 0.3 is 0 Å². The SMILES string of the molecule is CN(C(=O)C(C)(C)Oc1ccc(Cl)cc1)C1CCCC1. The molecule has 1 amide bonds. The Morgan fingerprint density at radius 1 is 1.25 bits per heavy atom. The van der Waals surface area contributed by atoms with Gasteiger partial charge in [0.2, 0.25) is 0 Å². The van der Waals surface area contributed by atoms with Crippen LogP contribution in [0.1, 0.15) is 39.5 Å². The van der Waals surface area contributed by atoms with Crippen molar-refractivity contribution in [3.63, 3.8) is 0 Å². The maximum atomic E-state index is 12.6. The van der Waals surface area contributed by atoms with Gasteiger partial charge in [-0.2, -0.15) is 0 Å². The van der Waals surface area contributed by atoms with E-state index in [1.165, 1.54) is 12.8 Å². The second kappa shape index (κ2) is 6.04. The number of carbonyl (C=O) groups excluding carboxylic acids is 1. The van der Waals surface area contributed by atoms with E-state index in [0.717, 1.165) is 12.8 Å². The highest BCUT2D eigenvalue weighted by atomic mass is 35.5. The van der Waals surface area contributed by atoms with Crippen LogP contribution < -0.4 is 4.74 Å². The normalized spacial score (nSPS) is 16.2. The number of nitrogens with zero attached hydrogens (tertiary/aromatic N) is 1. The lowest BCUT2D eigenvalue weighted by atomic mass is 10.1. The summed E-state index contributed by atoms with van der Waals surface area (Å²) in [6.07, 6.45) is 4.61. The Morgan fingerprint density at radius 2 is 1.80 bits per heavy atom. The lowest BCUT2D eigenvalue weighted by molar-refractivity contribution is -0.146. The molecule has 0 bridgehead atoms. The number of hydrogen-bond acceptors (Lipinski definition) is 2. The molecule has 3 nitrogen and oxygen atoms in total. The number of amides is 1. The van der Waals surface area contributed by atoms with Crippen molar-refractivity contribution in [1.29, 1.82) is 0 Å². The van der Waals surface area contributed by atoms with Crippen molar-refractivity contribution in [3.8, 4) is 5.75 Å². The first-order chi connectivity index (χ1) is 9.40. The van der Waals surface area contributed by atoms with Crippen molar-refractivity contribution in [2.45, 2.75) is 51.2 Å². The molecular weight excluding hydrogens is 274 g/mol. The monoisotopic (exact) mass is 295 g/mol. The van der Waals surface area contributed by atoms with E-state index in [2.05, 4.69) is 0 Å². The van der Waals surface area contributed by atoms with Crippen LogP contribution in [-0.4, -0.2) is 29.5 Å². The summed E-state index contributed by atoms with van der Waals surface area (Å²) in [6.45, 7) is 3.63. The number of likely N-dealkylation sites (N-methyl/N-ethyl adjacent to an activating group) is 1. The molecular formula is C16H22ClNO2. The van der Waals surface area contributed by atoms with E-state index in [1.807, 2.05) is 25.8 Å². The predicted molar refractivity (Wildman–Crippen MR) is 81.2 cm³/mol. The van der Waals surface area contributed by atoms with Gasteiger partial charge in [-0.15, -0.1) is 0 Å². The van der Waals surface area contributed by atoms with Crippen LogP contribution in [-0.2, 0) is 4.79 Å². The molecule has 2 rings (SSSR count). The highest BCUT2D eigenvalue weighted by Crippen LogP contribution is 2.27. The van der Waals surface area contributed by atoms with Crippen molar-refractivity contribution < 1.29 is 9.53 Å². The van der Waals surface area contributed by atoms with Crippen molar-refractivity contribution in [2.75, 3.05) is 7.05 Å². The fourth-order valence-corrected chi connectivity index (χ4v) is 2.85. The Labute approximate surface area is 125 Å². The third-order valence-corrected chi connectivity index (χ3v) is 4.15. The smallest absolute Gasteiger partial charge is 0.266 e. The first-order valence-electron chi connectivity index (χ1n) is 7.12. The van der Waals surface area contributed by atoms with Crippen LogP contribution in [0.3, 0.4) is 0 Å². The lowest BCUT2D eigenvalue weighted by Crippen LogP contribution is -2.50. The first-order valence-corrected chi connectivity index (χ1v) is 7.50. The molecule has 0 saturated heterocycles. The summed E-state index contributed by atoms with van der Waals surface area (Å²) in [5.74, 6) is 0.687. The Hall–Kier alpha value is -1.22. The molecule has 1 saturated carbocycles. The van der Waals surface area contributed by atoms with Crippen LogP contribution >= 0.6 is 11.6 Å². The van der Waals surface area contributed by atoms with E-state index in [4.69, 9.17) is 16.3 Å². The van der Waals surface area contributed by atoms with Crippen molar-refractivity contribution in [2.24, 2.45) is 0 Å². The summed E-state index contributed by atoms with van der Waals surface area (Å²) >= 11 is 5.85. The van der Waals surface area contributed by atoms with Gasteiger partial charge in [0.15, 0.2) is 5.60 Å². The van der Waals surface area contributed by atoms with Gasteiger partial charge in [0.1, 0.15) is 5.75 Å². The van der Waals surface area contributed by atoms with Crippen LogP contribution in [0, 0.1) is 0 Å². The molecule has 0 atom stereocenters. The van der Waals surface area contributed by atoms with Gasteiger partial charge in [0.25, 0.3) is 5.91 Å². The van der Waals surface area contributed by atoms with Crippen LogP contribution in [0.15, 0.2) is 24.3 Å². The second-order valence-electron chi connectivity index (χ2n) is 5.92. The number of hydrogen-bond donors (Lipinski definition) is 0. The molecule has 0 N–H and O–H groups in total. The molecule has 0 spiro atoms. The average Bonchev–Trinajstić information content (AvgIpc) is 2.93. The molecule has 0 heterocycles. The molecule has 20 heavy (non-hydrogen) atoms. The quantitative estimate of drug-likeness (QED) is 0.843. The summed E-state index contributed by atoms with van der Waals surface area (Å²) in [4.78, 5) is 14.4. The van der Waals surface area contributed by atoms with E-state index in [-0.39, 0.29) is 5.91 Å². The molecule has 0 aliphatic heterocycles. The highest BCUT2D eigenvalue weighted by Gasteiger charge is 2.36. The minimum Gasteiger partial charge on any atom is -0.478 e. The van der Waals surface area contributed by atoms with E-state index >= 15 is 0 Å².